The van der Waals surface area contributed by atoms with E-state index in [1.165, 1.54) is 16.0 Å². The van der Waals surface area contributed by atoms with Gasteiger partial charge in [0.05, 0.1) is 17.4 Å². The monoisotopic (exact) mass is 270 g/mol. The fourth-order valence-corrected chi connectivity index (χ4v) is 4.64. The van der Waals surface area contributed by atoms with Crippen LogP contribution in [0.3, 0.4) is 0 Å². The third-order valence-electron chi connectivity index (χ3n) is 5.57. The minimum atomic E-state index is -0.265. The third-order valence-corrected chi connectivity index (χ3v) is 5.57. The van der Waals surface area contributed by atoms with Crippen molar-refractivity contribution in [1.82, 2.24) is 9.80 Å². The Bertz CT molecular complexity index is 627. The van der Waals surface area contributed by atoms with Crippen LogP contribution in [0, 0.1) is 11.8 Å². The molecule has 4 nitrogen and oxygen atoms in total. The Balaban J connectivity index is 1.91. The SMILES string of the molecule is CN1C(=O)C2CN(C)[C@@]3(CCc4ccccc43)C2C1=O. The lowest BCUT2D eigenvalue weighted by molar-refractivity contribution is -0.140. The summed E-state index contributed by atoms with van der Waals surface area (Å²) >= 11 is 0. The number of hydrogen-bond donors (Lipinski definition) is 0. The number of carbonyl (C=O) groups is 2. The van der Waals surface area contributed by atoms with Crippen LogP contribution in [0.5, 0.6) is 0 Å². The zero-order chi connectivity index (χ0) is 14.1. The van der Waals surface area contributed by atoms with Crippen LogP contribution in [-0.2, 0) is 21.5 Å². The second kappa shape index (κ2) is 3.70. The van der Waals surface area contributed by atoms with E-state index in [1.54, 1.807) is 7.05 Å². The molecular weight excluding hydrogens is 252 g/mol. The summed E-state index contributed by atoms with van der Waals surface area (Å²) in [5.74, 6) is -0.369. The highest BCUT2D eigenvalue weighted by Crippen LogP contribution is 2.55. The Morgan fingerprint density at radius 1 is 1.15 bits per heavy atom. The molecule has 1 aliphatic carbocycles. The molecule has 0 N–H and O–H groups in total. The number of nitrogens with zero attached hydrogens (tertiary/aromatic N) is 2. The van der Waals surface area contributed by atoms with Crippen molar-refractivity contribution in [3.63, 3.8) is 0 Å². The minimum absolute atomic E-state index is 0.000975. The molecular formula is C16H18N2O2. The van der Waals surface area contributed by atoms with E-state index < -0.39 is 0 Å². The molecule has 104 valence electrons. The van der Waals surface area contributed by atoms with Gasteiger partial charge in [-0.2, -0.15) is 0 Å². The Labute approximate surface area is 118 Å². The van der Waals surface area contributed by atoms with Crippen LogP contribution in [0.15, 0.2) is 24.3 Å². The first kappa shape index (κ1) is 12.1. The van der Waals surface area contributed by atoms with Crippen LogP contribution >= 0.6 is 0 Å². The van der Waals surface area contributed by atoms with Crippen molar-refractivity contribution in [3.05, 3.63) is 35.4 Å². The summed E-state index contributed by atoms with van der Waals surface area (Å²) in [7, 11) is 3.68. The van der Waals surface area contributed by atoms with Crippen LogP contribution in [0.4, 0.5) is 0 Å². The molecule has 2 heterocycles. The first-order valence-electron chi connectivity index (χ1n) is 7.18. The highest BCUT2D eigenvalue weighted by molar-refractivity contribution is 6.06. The first-order chi connectivity index (χ1) is 9.57. The predicted molar refractivity (Wildman–Crippen MR) is 73.8 cm³/mol. The molecule has 20 heavy (non-hydrogen) atoms. The van der Waals surface area contributed by atoms with Crippen molar-refractivity contribution in [2.24, 2.45) is 11.8 Å². The van der Waals surface area contributed by atoms with Crippen LogP contribution in [0.2, 0.25) is 0 Å². The molecule has 2 saturated heterocycles. The summed E-state index contributed by atoms with van der Waals surface area (Å²) in [6.07, 6.45) is 1.94. The minimum Gasteiger partial charge on any atom is -0.295 e. The summed E-state index contributed by atoms with van der Waals surface area (Å²) in [6, 6.07) is 8.38. The summed E-state index contributed by atoms with van der Waals surface area (Å²) in [5.41, 5.74) is 2.32. The smallest absolute Gasteiger partial charge is 0.235 e. The topological polar surface area (TPSA) is 40.6 Å². The lowest BCUT2D eigenvalue weighted by atomic mass is 9.77. The van der Waals surface area contributed by atoms with Gasteiger partial charge in [-0.05, 0) is 31.0 Å². The van der Waals surface area contributed by atoms with Crippen molar-refractivity contribution in [1.29, 1.82) is 0 Å². The van der Waals surface area contributed by atoms with E-state index in [0.29, 0.717) is 6.54 Å². The van der Waals surface area contributed by atoms with Gasteiger partial charge >= 0.3 is 0 Å². The Morgan fingerprint density at radius 2 is 1.90 bits per heavy atom. The number of benzene rings is 1. The summed E-state index contributed by atoms with van der Waals surface area (Å²) in [6.45, 7) is 0.688. The number of imide groups is 1. The zero-order valence-electron chi connectivity index (χ0n) is 11.8. The molecule has 2 aliphatic heterocycles. The van der Waals surface area contributed by atoms with Crippen LogP contribution in [-0.4, -0.2) is 42.3 Å². The molecule has 4 rings (SSSR count). The molecule has 0 radical (unpaired) electrons. The van der Waals surface area contributed by atoms with Crippen molar-refractivity contribution < 1.29 is 9.59 Å². The zero-order valence-corrected chi connectivity index (χ0v) is 11.8. The van der Waals surface area contributed by atoms with Gasteiger partial charge < -0.3 is 0 Å². The number of likely N-dealkylation sites (tertiary alicyclic amines) is 2. The molecule has 3 aliphatic rings. The lowest BCUT2D eigenvalue weighted by Gasteiger charge is -2.37. The first-order valence-corrected chi connectivity index (χ1v) is 7.18. The van der Waals surface area contributed by atoms with Crippen LogP contribution < -0.4 is 0 Å². The summed E-state index contributed by atoms with van der Waals surface area (Å²) in [4.78, 5) is 28.5. The summed E-state index contributed by atoms with van der Waals surface area (Å²) < 4.78 is 0. The fourth-order valence-electron chi connectivity index (χ4n) is 4.64. The number of carbonyl (C=O) groups excluding carboxylic acids is 2. The van der Waals surface area contributed by atoms with Gasteiger partial charge in [-0.3, -0.25) is 19.4 Å². The number of fused-ring (bicyclic) bond motifs is 4. The van der Waals surface area contributed by atoms with E-state index in [4.69, 9.17) is 0 Å². The molecule has 3 atom stereocenters. The maximum absolute atomic E-state index is 12.6. The normalized spacial score (nSPS) is 36.0. The average Bonchev–Trinajstić information content (AvgIpc) is 3.04. The summed E-state index contributed by atoms with van der Waals surface area (Å²) in [5, 5.41) is 0. The van der Waals surface area contributed by atoms with Gasteiger partial charge in [-0.1, -0.05) is 24.3 Å². The van der Waals surface area contributed by atoms with Gasteiger partial charge in [0.2, 0.25) is 11.8 Å². The van der Waals surface area contributed by atoms with Crippen molar-refractivity contribution >= 4 is 11.8 Å². The molecule has 0 saturated carbocycles. The van der Waals surface area contributed by atoms with E-state index in [9.17, 15) is 9.59 Å². The fraction of sp³-hybridized carbons (Fsp3) is 0.500. The average molecular weight is 270 g/mol. The van der Waals surface area contributed by atoms with Crippen LogP contribution in [0.25, 0.3) is 0 Å². The van der Waals surface area contributed by atoms with Crippen molar-refractivity contribution in [2.75, 3.05) is 20.6 Å². The van der Waals surface area contributed by atoms with Gasteiger partial charge in [0, 0.05) is 13.6 Å². The highest BCUT2D eigenvalue weighted by atomic mass is 16.2. The van der Waals surface area contributed by atoms with E-state index in [0.717, 1.165) is 12.8 Å². The molecule has 4 heteroatoms. The Hall–Kier alpha value is -1.68. The molecule has 2 amide bonds. The van der Waals surface area contributed by atoms with Crippen molar-refractivity contribution in [3.8, 4) is 0 Å². The molecule has 0 aromatic heterocycles. The third kappa shape index (κ3) is 1.17. The second-order valence-corrected chi connectivity index (χ2v) is 6.28. The van der Waals surface area contributed by atoms with Gasteiger partial charge in [0.25, 0.3) is 0 Å². The maximum atomic E-state index is 12.6. The molecule has 2 unspecified atom stereocenters. The largest absolute Gasteiger partial charge is 0.295 e. The van der Waals surface area contributed by atoms with E-state index >= 15 is 0 Å². The number of rotatable bonds is 0. The van der Waals surface area contributed by atoms with Gasteiger partial charge in [-0.15, -0.1) is 0 Å². The quantitative estimate of drug-likeness (QED) is 0.661. The Morgan fingerprint density at radius 3 is 2.70 bits per heavy atom. The predicted octanol–water partition coefficient (Wildman–Crippen LogP) is 1.00. The molecule has 2 fully saturated rings. The molecule has 1 aromatic carbocycles. The van der Waals surface area contributed by atoms with Crippen LogP contribution in [0.1, 0.15) is 17.5 Å². The van der Waals surface area contributed by atoms with E-state index in [2.05, 4.69) is 30.1 Å². The molecule has 1 aromatic rings. The van der Waals surface area contributed by atoms with Gasteiger partial charge in [0.1, 0.15) is 0 Å². The van der Waals surface area contributed by atoms with E-state index in [-0.39, 0.29) is 29.2 Å². The second-order valence-electron chi connectivity index (χ2n) is 6.28. The molecule has 1 spiro atoms. The number of aryl methyl sites for hydroxylation is 1. The lowest BCUT2D eigenvalue weighted by Crippen LogP contribution is -2.45. The van der Waals surface area contributed by atoms with Crippen molar-refractivity contribution in [2.45, 2.75) is 18.4 Å². The highest BCUT2D eigenvalue weighted by Gasteiger charge is 2.64. The Kier molecular flexibility index (Phi) is 2.24. The number of amides is 2. The molecule has 0 bridgehead atoms. The maximum Gasteiger partial charge on any atom is 0.235 e. The van der Waals surface area contributed by atoms with E-state index in [1.807, 2.05) is 6.07 Å². The van der Waals surface area contributed by atoms with Gasteiger partial charge in [-0.25, -0.2) is 0 Å². The van der Waals surface area contributed by atoms with Gasteiger partial charge in [0.15, 0.2) is 0 Å². The standard InChI is InChI=1S/C16H18N2O2/c1-17-9-11-13(15(20)18(2)14(11)19)16(17)8-7-10-5-3-4-6-12(10)16/h3-6,11,13H,7-9H2,1-2H3/t11?,13?,16-/m1/s1. The number of hydrogen-bond acceptors (Lipinski definition) is 3.